The number of hydrogen-bond donors (Lipinski definition) is 1. The average molecular weight is 499 g/mol. The Labute approximate surface area is 198 Å². The third kappa shape index (κ3) is 4.63. The standard InChI is InChI=1S/C26H19BrN4O2/c1-17-15-23-24(30-31(29-23)20-5-3-2-4-6-20)16-22(17)28-26(32)14-12-21-11-13-25(33-21)18-7-9-19(27)10-8-18/h2-16H,1H3,(H,28,32)/b14-12+. The Hall–Kier alpha value is -3.97. The zero-order valence-electron chi connectivity index (χ0n) is 17.7. The Morgan fingerprint density at radius 3 is 2.45 bits per heavy atom. The summed E-state index contributed by atoms with van der Waals surface area (Å²) >= 11 is 3.43. The number of fused-ring (bicyclic) bond motifs is 1. The van der Waals surface area contributed by atoms with E-state index in [-0.39, 0.29) is 5.91 Å². The number of anilines is 1. The first kappa shape index (κ1) is 20.9. The fourth-order valence-electron chi connectivity index (χ4n) is 3.42. The molecule has 2 heterocycles. The zero-order chi connectivity index (χ0) is 22.8. The minimum absolute atomic E-state index is 0.255. The van der Waals surface area contributed by atoms with Crippen LogP contribution in [0.5, 0.6) is 0 Å². The highest BCUT2D eigenvalue weighted by Crippen LogP contribution is 2.25. The molecule has 6 nitrogen and oxygen atoms in total. The Morgan fingerprint density at radius 2 is 1.70 bits per heavy atom. The van der Waals surface area contributed by atoms with Gasteiger partial charge < -0.3 is 9.73 Å². The molecule has 0 aliphatic heterocycles. The van der Waals surface area contributed by atoms with Crippen LogP contribution in [0, 0.1) is 6.92 Å². The van der Waals surface area contributed by atoms with Crippen LogP contribution in [-0.2, 0) is 4.79 Å². The monoisotopic (exact) mass is 498 g/mol. The smallest absolute Gasteiger partial charge is 0.248 e. The van der Waals surface area contributed by atoms with E-state index in [1.807, 2.05) is 85.8 Å². The average Bonchev–Trinajstić information content (AvgIpc) is 3.46. The molecule has 7 heteroatoms. The summed E-state index contributed by atoms with van der Waals surface area (Å²) in [6.07, 6.45) is 3.10. The van der Waals surface area contributed by atoms with Gasteiger partial charge in [0.1, 0.15) is 22.6 Å². The van der Waals surface area contributed by atoms with Gasteiger partial charge in [-0.25, -0.2) is 0 Å². The summed E-state index contributed by atoms with van der Waals surface area (Å²) in [5.74, 6) is 1.08. The summed E-state index contributed by atoms with van der Waals surface area (Å²) in [5.41, 5.74) is 4.90. The minimum atomic E-state index is -0.255. The SMILES string of the molecule is Cc1cc2nn(-c3ccccc3)nc2cc1NC(=O)/C=C/c1ccc(-c2ccc(Br)cc2)o1. The Kier molecular flexibility index (Phi) is 5.62. The van der Waals surface area contributed by atoms with E-state index in [0.717, 1.165) is 32.6 Å². The molecule has 0 spiro atoms. The Balaban J connectivity index is 1.31. The van der Waals surface area contributed by atoms with Crippen molar-refractivity contribution in [3.63, 3.8) is 0 Å². The highest BCUT2D eigenvalue weighted by molar-refractivity contribution is 9.10. The quantitative estimate of drug-likeness (QED) is 0.284. The lowest BCUT2D eigenvalue weighted by Crippen LogP contribution is -2.08. The van der Waals surface area contributed by atoms with Gasteiger partial charge in [0.15, 0.2) is 0 Å². The van der Waals surface area contributed by atoms with E-state index in [1.54, 1.807) is 10.9 Å². The van der Waals surface area contributed by atoms with Gasteiger partial charge in [0.05, 0.1) is 5.69 Å². The molecule has 3 aromatic carbocycles. The van der Waals surface area contributed by atoms with Gasteiger partial charge in [-0.3, -0.25) is 4.79 Å². The van der Waals surface area contributed by atoms with Gasteiger partial charge in [-0.1, -0.05) is 46.3 Å². The summed E-state index contributed by atoms with van der Waals surface area (Å²) in [5, 5.41) is 12.0. The summed E-state index contributed by atoms with van der Waals surface area (Å²) < 4.78 is 6.84. The summed E-state index contributed by atoms with van der Waals surface area (Å²) in [4.78, 5) is 14.1. The second kappa shape index (κ2) is 8.88. The van der Waals surface area contributed by atoms with E-state index in [9.17, 15) is 4.79 Å². The van der Waals surface area contributed by atoms with Crippen molar-refractivity contribution in [1.29, 1.82) is 0 Å². The van der Waals surface area contributed by atoms with Crippen molar-refractivity contribution in [1.82, 2.24) is 15.0 Å². The lowest BCUT2D eigenvalue weighted by atomic mass is 10.1. The Bertz CT molecular complexity index is 1470. The number of rotatable bonds is 5. The highest BCUT2D eigenvalue weighted by atomic mass is 79.9. The molecule has 0 saturated carbocycles. The van der Waals surface area contributed by atoms with Gasteiger partial charge in [-0.05, 0) is 67.1 Å². The molecule has 162 valence electrons. The van der Waals surface area contributed by atoms with Crippen LogP contribution in [0.2, 0.25) is 0 Å². The van der Waals surface area contributed by atoms with E-state index in [4.69, 9.17) is 4.42 Å². The van der Waals surface area contributed by atoms with Crippen molar-refractivity contribution >= 4 is 44.6 Å². The first-order chi connectivity index (χ1) is 16.0. The number of amides is 1. The number of benzene rings is 3. The van der Waals surface area contributed by atoms with Crippen LogP contribution >= 0.6 is 15.9 Å². The lowest BCUT2D eigenvalue weighted by molar-refractivity contribution is -0.111. The molecule has 0 bridgehead atoms. The molecule has 0 fully saturated rings. The summed E-state index contributed by atoms with van der Waals surface area (Å²) in [6.45, 7) is 1.93. The summed E-state index contributed by atoms with van der Waals surface area (Å²) in [7, 11) is 0. The number of carbonyl (C=O) groups excluding carboxylic acids is 1. The first-order valence-corrected chi connectivity index (χ1v) is 11.1. The second-order valence-corrected chi connectivity index (χ2v) is 8.43. The number of para-hydroxylation sites is 1. The van der Waals surface area contributed by atoms with Crippen LogP contribution < -0.4 is 5.32 Å². The number of aryl methyl sites for hydroxylation is 1. The van der Waals surface area contributed by atoms with Gasteiger partial charge >= 0.3 is 0 Å². The minimum Gasteiger partial charge on any atom is -0.457 e. The van der Waals surface area contributed by atoms with E-state index >= 15 is 0 Å². The van der Waals surface area contributed by atoms with Gasteiger partial charge in [0, 0.05) is 21.8 Å². The number of hydrogen-bond acceptors (Lipinski definition) is 4. The third-order valence-electron chi connectivity index (χ3n) is 5.13. The molecule has 0 radical (unpaired) electrons. The predicted molar refractivity (Wildman–Crippen MR) is 133 cm³/mol. The van der Waals surface area contributed by atoms with Crippen molar-refractivity contribution in [2.45, 2.75) is 6.92 Å². The van der Waals surface area contributed by atoms with Crippen molar-refractivity contribution < 1.29 is 9.21 Å². The van der Waals surface area contributed by atoms with Crippen LogP contribution in [0.4, 0.5) is 5.69 Å². The number of carbonyl (C=O) groups is 1. The van der Waals surface area contributed by atoms with Crippen LogP contribution in [0.3, 0.4) is 0 Å². The maximum atomic E-state index is 12.5. The van der Waals surface area contributed by atoms with E-state index in [2.05, 4.69) is 31.4 Å². The van der Waals surface area contributed by atoms with E-state index in [0.29, 0.717) is 17.0 Å². The molecule has 0 aliphatic rings. The molecule has 2 aromatic heterocycles. The third-order valence-corrected chi connectivity index (χ3v) is 5.65. The molecule has 1 N–H and O–H groups in total. The molecule has 0 aliphatic carbocycles. The summed E-state index contributed by atoms with van der Waals surface area (Å²) in [6, 6.07) is 25.0. The van der Waals surface area contributed by atoms with Crippen LogP contribution in [-0.4, -0.2) is 20.9 Å². The van der Waals surface area contributed by atoms with Crippen molar-refractivity contribution in [3.8, 4) is 17.0 Å². The molecule has 5 aromatic rings. The second-order valence-electron chi connectivity index (χ2n) is 7.51. The van der Waals surface area contributed by atoms with E-state index in [1.165, 1.54) is 6.08 Å². The molecule has 33 heavy (non-hydrogen) atoms. The fraction of sp³-hybridized carbons (Fsp3) is 0.0385. The molecule has 0 atom stereocenters. The number of nitrogens with one attached hydrogen (secondary N) is 1. The number of aromatic nitrogens is 3. The van der Waals surface area contributed by atoms with Gasteiger partial charge in [0.2, 0.25) is 5.91 Å². The first-order valence-electron chi connectivity index (χ1n) is 10.3. The largest absolute Gasteiger partial charge is 0.457 e. The number of halogens is 1. The maximum Gasteiger partial charge on any atom is 0.248 e. The van der Waals surface area contributed by atoms with Gasteiger partial charge in [-0.15, -0.1) is 10.2 Å². The molecular weight excluding hydrogens is 480 g/mol. The normalized spacial score (nSPS) is 11.3. The Morgan fingerprint density at radius 1 is 0.970 bits per heavy atom. The predicted octanol–water partition coefficient (Wildman–Crippen LogP) is 6.40. The zero-order valence-corrected chi connectivity index (χ0v) is 19.3. The molecule has 1 amide bonds. The van der Waals surface area contributed by atoms with Gasteiger partial charge in [-0.2, -0.15) is 4.80 Å². The maximum absolute atomic E-state index is 12.5. The van der Waals surface area contributed by atoms with Crippen LogP contribution in [0.1, 0.15) is 11.3 Å². The molecule has 0 unspecified atom stereocenters. The topological polar surface area (TPSA) is 73.0 Å². The molecule has 5 rings (SSSR count). The highest BCUT2D eigenvalue weighted by Gasteiger charge is 2.10. The molecule has 0 saturated heterocycles. The van der Waals surface area contributed by atoms with Crippen LogP contribution in [0.25, 0.3) is 34.1 Å². The van der Waals surface area contributed by atoms with Gasteiger partial charge in [0.25, 0.3) is 0 Å². The fourth-order valence-corrected chi connectivity index (χ4v) is 3.69. The van der Waals surface area contributed by atoms with Crippen molar-refractivity contribution in [3.05, 3.63) is 101 Å². The van der Waals surface area contributed by atoms with E-state index < -0.39 is 0 Å². The van der Waals surface area contributed by atoms with Crippen molar-refractivity contribution in [2.24, 2.45) is 0 Å². The number of nitrogens with zero attached hydrogens (tertiary/aromatic N) is 3. The van der Waals surface area contributed by atoms with Crippen LogP contribution in [0.15, 0.2) is 93.8 Å². The van der Waals surface area contributed by atoms with Crippen molar-refractivity contribution in [2.75, 3.05) is 5.32 Å². The molecular formula is C26H19BrN4O2. The lowest BCUT2D eigenvalue weighted by Gasteiger charge is -2.05. The number of furan rings is 1.